The topological polar surface area (TPSA) is 50.4 Å². The summed E-state index contributed by atoms with van der Waals surface area (Å²) in [6, 6.07) is 7.32. The third-order valence-electron chi connectivity index (χ3n) is 3.43. The molecule has 1 saturated heterocycles. The molecular weight excluding hydrogens is 276 g/mol. The van der Waals surface area contributed by atoms with Gasteiger partial charge in [0.05, 0.1) is 19.3 Å². The minimum Gasteiger partial charge on any atom is -0.378 e. The Labute approximate surface area is 124 Å². The fourth-order valence-electron chi connectivity index (χ4n) is 2.29. The molecule has 0 saturated carbocycles. The number of amides is 1. The van der Waals surface area contributed by atoms with Crippen LogP contribution in [0.3, 0.4) is 0 Å². The number of rotatable bonds is 4. The van der Waals surface area contributed by atoms with Crippen LogP contribution in [0, 0.1) is 5.92 Å². The van der Waals surface area contributed by atoms with E-state index in [9.17, 15) is 4.79 Å². The van der Waals surface area contributed by atoms with Crippen LogP contribution in [0.15, 0.2) is 24.3 Å². The summed E-state index contributed by atoms with van der Waals surface area (Å²) < 4.78 is 5.33. The van der Waals surface area contributed by atoms with Crippen LogP contribution in [0.2, 0.25) is 5.02 Å². The van der Waals surface area contributed by atoms with Crippen LogP contribution in [0.5, 0.6) is 0 Å². The Kier molecular flexibility index (Phi) is 5.40. The maximum Gasteiger partial charge on any atom is 0.240 e. The normalized spacial score (nSPS) is 20.7. The highest BCUT2D eigenvalue weighted by Gasteiger charge is 2.25. The molecule has 110 valence electrons. The molecule has 1 fully saturated rings. The third kappa shape index (κ3) is 3.95. The molecule has 5 heteroatoms. The number of carbonyl (C=O) groups is 1. The summed E-state index contributed by atoms with van der Waals surface area (Å²) in [5.74, 6) is 0.281. The molecule has 2 N–H and O–H groups in total. The second-order valence-electron chi connectivity index (χ2n) is 5.36. The number of hydrogen-bond acceptors (Lipinski definition) is 3. The second-order valence-corrected chi connectivity index (χ2v) is 5.80. The van der Waals surface area contributed by atoms with Crippen molar-refractivity contribution in [2.75, 3.05) is 19.8 Å². The number of carbonyl (C=O) groups excluding carboxylic acids is 1. The molecule has 1 aliphatic heterocycles. The van der Waals surface area contributed by atoms with Crippen LogP contribution in [0.1, 0.15) is 25.5 Å². The van der Waals surface area contributed by atoms with Crippen LogP contribution in [-0.2, 0) is 9.53 Å². The Hall–Kier alpha value is -1.10. The summed E-state index contributed by atoms with van der Waals surface area (Å²) in [6.45, 7) is 5.98. The van der Waals surface area contributed by atoms with E-state index in [-0.39, 0.29) is 18.0 Å². The highest BCUT2D eigenvalue weighted by atomic mass is 35.5. The molecule has 1 amide bonds. The number of ether oxygens (including phenoxy) is 1. The molecule has 1 heterocycles. The van der Waals surface area contributed by atoms with Crippen LogP contribution < -0.4 is 10.6 Å². The zero-order valence-corrected chi connectivity index (χ0v) is 12.6. The Morgan fingerprint density at radius 2 is 2.10 bits per heavy atom. The summed E-state index contributed by atoms with van der Waals surface area (Å²) >= 11 is 5.91. The van der Waals surface area contributed by atoms with Crippen molar-refractivity contribution in [3.63, 3.8) is 0 Å². The van der Waals surface area contributed by atoms with E-state index in [2.05, 4.69) is 24.5 Å². The van der Waals surface area contributed by atoms with Gasteiger partial charge in [0.25, 0.3) is 0 Å². The number of halogens is 1. The Balaban J connectivity index is 2.05. The van der Waals surface area contributed by atoms with Crippen molar-refractivity contribution in [2.45, 2.75) is 25.9 Å². The first kappa shape index (κ1) is 15.3. The molecule has 1 aromatic carbocycles. The molecule has 1 aromatic rings. The highest BCUT2D eigenvalue weighted by Crippen LogP contribution is 2.23. The van der Waals surface area contributed by atoms with Crippen LogP contribution in [-0.4, -0.2) is 31.7 Å². The van der Waals surface area contributed by atoms with E-state index in [4.69, 9.17) is 16.3 Å². The summed E-state index contributed by atoms with van der Waals surface area (Å²) in [7, 11) is 0. The average molecular weight is 297 g/mol. The SMILES string of the molecule is CC(C)C(NC(=O)C1COCCN1)c1ccc(Cl)cc1. The molecule has 0 bridgehead atoms. The van der Waals surface area contributed by atoms with E-state index in [0.29, 0.717) is 30.7 Å². The second kappa shape index (κ2) is 7.07. The van der Waals surface area contributed by atoms with Gasteiger partial charge >= 0.3 is 0 Å². The quantitative estimate of drug-likeness (QED) is 0.895. The Morgan fingerprint density at radius 3 is 2.65 bits per heavy atom. The van der Waals surface area contributed by atoms with E-state index < -0.39 is 0 Å². The fraction of sp³-hybridized carbons (Fsp3) is 0.533. The maximum absolute atomic E-state index is 12.3. The molecule has 0 aliphatic carbocycles. The molecule has 0 aromatic heterocycles. The van der Waals surface area contributed by atoms with Crippen molar-refractivity contribution in [2.24, 2.45) is 5.92 Å². The van der Waals surface area contributed by atoms with Gasteiger partial charge in [0.1, 0.15) is 6.04 Å². The smallest absolute Gasteiger partial charge is 0.240 e. The maximum atomic E-state index is 12.3. The van der Waals surface area contributed by atoms with Crippen LogP contribution >= 0.6 is 11.6 Å². The van der Waals surface area contributed by atoms with Crippen LogP contribution in [0.25, 0.3) is 0 Å². The zero-order chi connectivity index (χ0) is 14.5. The lowest BCUT2D eigenvalue weighted by molar-refractivity contribution is -0.127. The van der Waals surface area contributed by atoms with Crippen molar-refractivity contribution in [1.29, 1.82) is 0 Å². The standard InChI is InChI=1S/C15H21ClN2O2/c1-10(2)14(11-3-5-12(16)6-4-11)18-15(19)13-9-20-8-7-17-13/h3-6,10,13-14,17H,7-9H2,1-2H3,(H,18,19). The summed E-state index contributed by atoms with van der Waals surface area (Å²) in [5, 5.41) is 6.96. The number of morpholine rings is 1. The minimum absolute atomic E-state index is 0.0154. The van der Waals surface area contributed by atoms with Gasteiger partial charge < -0.3 is 15.4 Å². The van der Waals surface area contributed by atoms with E-state index >= 15 is 0 Å². The molecule has 1 aliphatic rings. The molecule has 2 unspecified atom stereocenters. The third-order valence-corrected chi connectivity index (χ3v) is 3.68. The van der Waals surface area contributed by atoms with E-state index in [0.717, 1.165) is 5.56 Å². The predicted octanol–water partition coefficient (Wildman–Crippen LogP) is 2.14. The van der Waals surface area contributed by atoms with Crippen LogP contribution in [0.4, 0.5) is 0 Å². The van der Waals surface area contributed by atoms with Gasteiger partial charge in [0, 0.05) is 11.6 Å². The van der Waals surface area contributed by atoms with Gasteiger partial charge in [0.2, 0.25) is 5.91 Å². The first-order valence-corrected chi connectivity index (χ1v) is 7.32. The number of benzene rings is 1. The number of nitrogens with one attached hydrogen (secondary N) is 2. The zero-order valence-electron chi connectivity index (χ0n) is 11.9. The van der Waals surface area contributed by atoms with E-state index in [1.807, 2.05) is 24.3 Å². The van der Waals surface area contributed by atoms with Crippen molar-refractivity contribution < 1.29 is 9.53 Å². The largest absolute Gasteiger partial charge is 0.378 e. The lowest BCUT2D eigenvalue weighted by atomic mass is 9.95. The molecule has 2 rings (SSSR count). The van der Waals surface area contributed by atoms with Gasteiger partial charge in [-0.15, -0.1) is 0 Å². The van der Waals surface area contributed by atoms with Gasteiger partial charge in [-0.05, 0) is 23.6 Å². The van der Waals surface area contributed by atoms with Crippen molar-refractivity contribution >= 4 is 17.5 Å². The van der Waals surface area contributed by atoms with Gasteiger partial charge in [-0.1, -0.05) is 37.6 Å². The summed E-state index contributed by atoms with van der Waals surface area (Å²) in [6.07, 6.45) is 0. The van der Waals surface area contributed by atoms with E-state index in [1.165, 1.54) is 0 Å². The minimum atomic E-state index is -0.266. The van der Waals surface area contributed by atoms with Crippen molar-refractivity contribution in [1.82, 2.24) is 10.6 Å². The summed E-state index contributed by atoms with van der Waals surface area (Å²) in [5.41, 5.74) is 1.06. The lowest BCUT2D eigenvalue weighted by Crippen LogP contribution is -2.52. The lowest BCUT2D eigenvalue weighted by Gasteiger charge is -2.28. The molecular formula is C15H21ClN2O2. The van der Waals surface area contributed by atoms with Gasteiger partial charge in [-0.25, -0.2) is 0 Å². The molecule has 0 radical (unpaired) electrons. The van der Waals surface area contributed by atoms with Gasteiger partial charge in [0.15, 0.2) is 0 Å². The van der Waals surface area contributed by atoms with Gasteiger partial charge in [-0.3, -0.25) is 4.79 Å². The number of hydrogen-bond donors (Lipinski definition) is 2. The van der Waals surface area contributed by atoms with Crippen molar-refractivity contribution in [3.05, 3.63) is 34.9 Å². The molecule has 2 atom stereocenters. The Morgan fingerprint density at radius 1 is 1.40 bits per heavy atom. The van der Waals surface area contributed by atoms with Crippen molar-refractivity contribution in [3.8, 4) is 0 Å². The predicted molar refractivity (Wildman–Crippen MR) is 79.8 cm³/mol. The first-order chi connectivity index (χ1) is 9.58. The monoisotopic (exact) mass is 296 g/mol. The fourth-order valence-corrected chi connectivity index (χ4v) is 2.42. The van der Waals surface area contributed by atoms with E-state index in [1.54, 1.807) is 0 Å². The summed E-state index contributed by atoms with van der Waals surface area (Å²) in [4.78, 5) is 12.3. The highest BCUT2D eigenvalue weighted by molar-refractivity contribution is 6.30. The van der Waals surface area contributed by atoms with Gasteiger partial charge in [-0.2, -0.15) is 0 Å². The average Bonchev–Trinajstić information content (AvgIpc) is 2.46. The Bertz CT molecular complexity index is 442. The molecule has 20 heavy (non-hydrogen) atoms. The molecule has 0 spiro atoms. The molecule has 4 nitrogen and oxygen atoms in total. The first-order valence-electron chi connectivity index (χ1n) is 6.95.